The number of benzene rings is 1. The molecule has 1 aliphatic rings. The average molecular weight is 289 g/mol. The molecule has 3 rings (SSSR count). The Morgan fingerprint density at radius 3 is 2.67 bits per heavy atom. The first-order valence-corrected chi connectivity index (χ1v) is 7.45. The second kappa shape index (κ2) is 5.56. The molecule has 0 unspecified atom stereocenters. The SMILES string of the molecule is Cc1cc(F)cc(-c2noc(C3(CN)CCCCC3)n2)c1. The van der Waals surface area contributed by atoms with Gasteiger partial charge in [-0.1, -0.05) is 24.4 Å². The van der Waals surface area contributed by atoms with Gasteiger partial charge in [-0.2, -0.15) is 4.98 Å². The predicted octanol–water partition coefficient (Wildman–Crippen LogP) is 3.34. The van der Waals surface area contributed by atoms with E-state index < -0.39 is 0 Å². The second-order valence-electron chi connectivity index (χ2n) is 5.99. The largest absolute Gasteiger partial charge is 0.338 e. The normalized spacial score (nSPS) is 17.9. The molecule has 21 heavy (non-hydrogen) atoms. The van der Waals surface area contributed by atoms with E-state index in [9.17, 15) is 4.39 Å². The quantitative estimate of drug-likeness (QED) is 0.941. The van der Waals surface area contributed by atoms with Gasteiger partial charge in [-0.15, -0.1) is 0 Å². The molecule has 0 bridgehead atoms. The average Bonchev–Trinajstić information content (AvgIpc) is 2.97. The molecule has 1 saturated carbocycles. The Morgan fingerprint density at radius 2 is 2.00 bits per heavy atom. The molecular formula is C16H20FN3O. The minimum Gasteiger partial charge on any atom is -0.338 e. The van der Waals surface area contributed by atoms with Crippen LogP contribution in [-0.2, 0) is 5.41 Å². The number of rotatable bonds is 3. The van der Waals surface area contributed by atoms with E-state index in [1.165, 1.54) is 18.6 Å². The van der Waals surface area contributed by atoms with Gasteiger partial charge in [-0.3, -0.25) is 0 Å². The summed E-state index contributed by atoms with van der Waals surface area (Å²) >= 11 is 0. The van der Waals surface area contributed by atoms with Gasteiger partial charge in [-0.25, -0.2) is 4.39 Å². The molecule has 1 aliphatic carbocycles. The van der Waals surface area contributed by atoms with Crippen molar-refractivity contribution in [2.24, 2.45) is 5.73 Å². The standard InChI is InChI=1S/C16H20FN3O/c1-11-7-12(9-13(17)8-11)14-19-15(21-20-14)16(10-18)5-3-2-4-6-16/h7-9H,2-6,10,18H2,1H3. The summed E-state index contributed by atoms with van der Waals surface area (Å²) in [4.78, 5) is 4.50. The first kappa shape index (κ1) is 14.2. The summed E-state index contributed by atoms with van der Waals surface area (Å²) in [6, 6.07) is 4.76. The molecule has 4 nitrogen and oxygen atoms in total. The molecule has 1 heterocycles. The predicted molar refractivity (Wildman–Crippen MR) is 78.2 cm³/mol. The molecule has 0 aliphatic heterocycles. The third-order valence-corrected chi connectivity index (χ3v) is 4.38. The zero-order chi connectivity index (χ0) is 14.9. The van der Waals surface area contributed by atoms with Crippen LogP contribution in [-0.4, -0.2) is 16.7 Å². The van der Waals surface area contributed by atoms with Crippen LogP contribution < -0.4 is 5.73 Å². The van der Waals surface area contributed by atoms with Gasteiger partial charge in [0.05, 0.1) is 5.41 Å². The summed E-state index contributed by atoms with van der Waals surface area (Å²) in [5.41, 5.74) is 7.26. The summed E-state index contributed by atoms with van der Waals surface area (Å²) in [6.45, 7) is 2.35. The van der Waals surface area contributed by atoms with Gasteiger partial charge in [0.15, 0.2) is 0 Å². The lowest BCUT2D eigenvalue weighted by Crippen LogP contribution is -2.37. The van der Waals surface area contributed by atoms with Crippen molar-refractivity contribution in [3.63, 3.8) is 0 Å². The Labute approximate surface area is 123 Å². The number of halogens is 1. The van der Waals surface area contributed by atoms with Gasteiger partial charge in [0.25, 0.3) is 0 Å². The fourth-order valence-electron chi connectivity index (χ4n) is 3.16. The van der Waals surface area contributed by atoms with E-state index in [4.69, 9.17) is 10.3 Å². The van der Waals surface area contributed by atoms with Crippen LogP contribution in [0, 0.1) is 12.7 Å². The van der Waals surface area contributed by atoms with Crippen molar-refractivity contribution in [1.29, 1.82) is 0 Å². The topological polar surface area (TPSA) is 64.9 Å². The second-order valence-corrected chi connectivity index (χ2v) is 5.99. The Hall–Kier alpha value is -1.75. The van der Waals surface area contributed by atoms with Crippen LogP contribution in [0.15, 0.2) is 22.7 Å². The highest BCUT2D eigenvalue weighted by Gasteiger charge is 2.38. The van der Waals surface area contributed by atoms with Crippen molar-refractivity contribution < 1.29 is 8.91 Å². The molecule has 0 amide bonds. The molecule has 112 valence electrons. The van der Waals surface area contributed by atoms with Crippen molar-refractivity contribution in [1.82, 2.24) is 10.1 Å². The monoisotopic (exact) mass is 289 g/mol. The highest BCUT2D eigenvalue weighted by molar-refractivity contribution is 5.55. The Balaban J connectivity index is 1.95. The van der Waals surface area contributed by atoms with E-state index in [0.717, 1.165) is 31.2 Å². The van der Waals surface area contributed by atoms with Gasteiger partial charge in [0.2, 0.25) is 11.7 Å². The highest BCUT2D eigenvalue weighted by atomic mass is 19.1. The Morgan fingerprint density at radius 1 is 1.24 bits per heavy atom. The first-order chi connectivity index (χ1) is 10.1. The zero-order valence-electron chi connectivity index (χ0n) is 12.2. The third kappa shape index (κ3) is 2.70. The number of aryl methyl sites for hydroxylation is 1. The highest BCUT2D eigenvalue weighted by Crippen LogP contribution is 2.38. The minimum atomic E-state index is -0.289. The summed E-state index contributed by atoms with van der Waals surface area (Å²) in [5.74, 6) is 0.746. The lowest BCUT2D eigenvalue weighted by atomic mass is 9.74. The third-order valence-electron chi connectivity index (χ3n) is 4.38. The minimum absolute atomic E-state index is 0.203. The zero-order valence-corrected chi connectivity index (χ0v) is 12.2. The van der Waals surface area contributed by atoms with Crippen LogP contribution in [0.5, 0.6) is 0 Å². The van der Waals surface area contributed by atoms with Crippen molar-refractivity contribution in [3.05, 3.63) is 35.5 Å². The molecule has 1 fully saturated rings. The van der Waals surface area contributed by atoms with E-state index in [1.807, 2.05) is 13.0 Å². The number of aromatic nitrogens is 2. The van der Waals surface area contributed by atoms with E-state index in [2.05, 4.69) is 10.1 Å². The van der Waals surface area contributed by atoms with Gasteiger partial charge in [-0.05, 0) is 43.5 Å². The van der Waals surface area contributed by atoms with Crippen LogP contribution in [0.4, 0.5) is 4.39 Å². The van der Waals surface area contributed by atoms with Crippen LogP contribution >= 0.6 is 0 Å². The number of nitrogens with two attached hydrogens (primary N) is 1. The Kier molecular flexibility index (Phi) is 3.76. The van der Waals surface area contributed by atoms with Crippen molar-refractivity contribution in [3.8, 4) is 11.4 Å². The summed E-state index contributed by atoms with van der Waals surface area (Å²) in [7, 11) is 0. The van der Waals surface area contributed by atoms with E-state index in [-0.39, 0.29) is 11.2 Å². The van der Waals surface area contributed by atoms with E-state index >= 15 is 0 Å². The van der Waals surface area contributed by atoms with E-state index in [0.29, 0.717) is 23.8 Å². The molecule has 5 heteroatoms. The molecule has 0 radical (unpaired) electrons. The lowest BCUT2D eigenvalue weighted by Gasteiger charge is -2.32. The van der Waals surface area contributed by atoms with Crippen LogP contribution in [0.25, 0.3) is 11.4 Å². The van der Waals surface area contributed by atoms with Crippen molar-refractivity contribution in [2.45, 2.75) is 44.4 Å². The lowest BCUT2D eigenvalue weighted by molar-refractivity contribution is 0.220. The van der Waals surface area contributed by atoms with Crippen LogP contribution in [0.2, 0.25) is 0 Å². The fourth-order valence-corrected chi connectivity index (χ4v) is 3.16. The maximum atomic E-state index is 13.5. The number of nitrogens with zero attached hydrogens (tertiary/aromatic N) is 2. The molecular weight excluding hydrogens is 269 g/mol. The smallest absolute Gasteiger partial charge is 0.234 e. The van der Waals surface area contributed by atoms with Crippen LogP contribution in [0.3, 0.4) is 0 Å². The fraction of sp³-hybridized carbons (Fsp3) is 0.500. The maximum Gasteiger partial charge on any atom is 0.234 e. The van der Waals surface area contributed by atoms with Gasteiger partial charge >= 0.3 is 0 Å². The maximum absolute atomic E-state index is 13.5. The van der Waals surface area contributed by atoms with Crippen LogP contribution in [0.1, 0.15) is 43.6 Å². The first-order valence-electron chi connectivity index (χ1n) is 7.45. The summed E-state index contributed by atoms with van der Waals surface area (Å²) in [5, 5.41) is 4.03. The molecule has 0 saturated heterocycles. The van der Waals surface area contributed by atoms with E-state index in [1.54, 1.807) is 0 Å². The molecule has 0 spiro atoms. The molecule has 2 aromatic rings. The number of hydrogen-bond donors (Lipinski definition) is 1. The summed E-state index contributed by atoms with van der Waals surface area (Å²) < 4.78 is 19.0. The molecule has 1 aromatic carbocycles. The number of hydrogen-bond acceptors (Lipinski definition) is 4. The van der Waals surface area contributed by atoms with Gasteiger partial charge in [0.1, 0.15) is 5.82 Å². The van der Waals surface area contributed by atoms with Crippen molar-refractivity contribution in [2.75, 3.05) is 6.54 Å². The van der Waals surface area contributed by atoms with Crippen molar-refractivity contribution >= 4 is 0 Å². The Bertz CT molecular complexity index is 612. The molecule has 0 atom stereocenters. The molecule has 1 aromatic heterocycles. The molecule has 2 N–H and O–H groups in total. The van der Waals surface area contributed by atoms with Gasteiger partial charge in [0, 0.05) is 12.1 Å². The summed E-state index contributed by atoms with van der Waals surface area (Å²) in [6.07, 6.45) is 5.45. The van der Waals surface area contributed by atoms with Gasteiger partial charge < -0.3 is 10.3 Å².